The van der Waals surface area contributed by atoms with Gasteiger partial charge in [-0.3, -0.25) is 9.69 Å². The van der Waals surface area contributed by atoms with E-state index in [2.05, 4.69) is 15.1 Å². The fraction of sp³-hybridized carbons (Fsp3) is 0.519. The molecule has 1 unspecified atom stereocenters. The molecule has 2 aromatic carbocycles. The highest BCUT2D eigenvalue weighted by Crippen LogP contribution is 2.36. The second kappa shape index (κ2) is 12.3. The number of nitrogens with one attached hydrogen (secondary N) is 1. The monoisotopic (exact) mass is 485 g/mol. The minimum absolute atomic E-state index is 0.105. The maximum Gasteiger partial charge on any atom is 0.251 e. The van der Waals surface area contributed by atoms with E-state index >= 15 is 0 Å². The number of amides is 1. The number of carbonyl (C=O) groups is 1. The minimum Gasteiger partial charge on any atom is -0.484 e. The molecule has 2 aromatic rings. The average molecular weight is 486 g/mol. The Kier molecular flexibility index (Phi) is 8.95. The van der Waals surface area contributed by atoms with E-state index in [9.17, 15) is 14.3 Å². The fourth-order valence-electron chi connectivity index (χ4n) is 4.69. The Balaban J connectivity index is 1.07. The number of unbranched alkanes of at least 4 members (excludes halogenated alkanes) is 4. The van der Waals surface area contributed by atoms with Crippen LogP contribution in [0.2, 0.25) is 0 Å². The van der Waals surface area contributed by atoms with Crippen molar-refractivity contribution in [2.24, 2.45) is 0 Å². The molecule has 1 saturated heterocycles. The smallest absolute Gasteiger partial charge is 0.251 e. The molecule has 0 saturated carbocycles. The zero-order valence-electron chi connectivity index (χ0n) is 20.3. The van der Waals surface area contributed by atoms with Crippen LogP contribution in [0.5, 0.6) is 11.5 Å². The van der Waals surface area contributed by atoms with E-state index in [-0.39, 0.29) is 18.3 Å². The van der Waals surface area contributed by atoms with Gasteiger partial charge in [-0.15, -0.1) is 0 Å². The Labute approximate surface area is 206 Å². The van der Waals surface area contributed by atoms with Gasteiger partial charge in [-0.1, -0.05) is 31.4 Å². The molecule has 2 N–H and O–H groups in total. The number of benzene rings is 2. The second-order valence-electron chi connectivity index (χ2n) is 9.30. The fourth-order valence-corrected chi connectivity index (χ4v) is 4.69. The topological polar surface area (TPSA) is 74.3 Å². The van der Waals surface area contributed by atoms with Crippen molar-refractivity contribution in [2.75, 3.05) is 52.5 Å². The van der Waals surface area contributed by atoms with Crippen LogP contribution < -0.4 is 14.8 Å². The van der Waals surface area contributed by atoms with E-state index in [1.165, 1.54) is 30.7 Å². The zero-order valence-corrected chi connectivity index (χ0v) is 20.3. The molecule has 2 aliphatic heterocycles. The number of nitrogens with zero attached hydrogens (tertiary/aromatic N) is 2. The van der Waals surface area contributed by atoms with Gasteiger partial charge in [0.25, 0.3) is 5.91 Å². The maximum absolute atomic E-state index is 12.9. The van der Waals surface area contributed by atoms with E-state index < -0.39 is 5.72 Å². The molecule has 190 valence electrons. The van der Waals surface area contributed by atoms with Gasteiger partial charge in [0.2, 0.25) is 5.72 Å². The first kappa shape index (κ1) is 25.4. The van der Waals surface area contributed by atoms with Crippen molar-refractivity contribution in [1.29, 1.82) is 0 Å². The molecule has 0 radical (unpaired) electrons. The molecular formula is C27H36FN3O4. The summed E-state index contributed by atoms with van der Waals surface area (Å²) in [5, 5.41) is 13.0. The Morgan fingerprint density at radius 1 is 0.943 bits per heavy atom. The summed E-state index contributed by atoms with van der Waals surface area (Å²) < 4.78 is 25.1. The number of hydrogen-bond acceptors (Lipinski definition) is 6. The van der Waals surface area contributed by atoms with Crippen LogP contribution in [0.1, 0.15) is 42.5 Å². The van der Waals surface area contributed by atoms with Crippen LogP contribution >= 0.6 is 0 Å². The number of carbonyl (C=O) groups excluding carboxylic acids is 1. The highest BCUT2D eigenvalue weighted by Gasteiger charge is 2.44. The largest absolute Gasteiger partial charge is 0.484 e. The lowest BCUT2D eigenvalue weighted by atomic mass is 10.1. The number of aliphatic hydroxyl groups is 1. The normalized spacial score (nSPS) is 20.5. The highest BCUT2D eigenvalue weighted by atomic mass is 19.1. The van der Waals surface area contributed by atoms with Gasteiger partial charge >= 0.3 is 0 Å². The maximum atomic E-state index is 12.9. The third-order valence-corrected chi connectivity index (χ3v) is 6.84. The number of hydrogen-bond donors (Lipinski definition) is 2. The van der Waals surface area contributed by atoms with Crippen LogP contribution in [0.25, 0.3) is 0 Å². The van der Waals surface area contributed by atoms with Crippen molar-refractivity contribution >= 4 is 5.91 Å². The van der Waals surface area contributed by atoms with Gasteiger partial charge in [0.1, 0.15) is 19.0 Å². The second-order valence-corrected chi connectivity index (χ2v) is 9.30. The summed E-state index contributed by atoms with van der Waals surface area (Å²) in [5.41, 5.74) is -0.323. The van der Waals surface area contributed by atoms with E-state index in [0.29, 0.717) is 24.5 Å². The van der Waals surface area contributed by atoms with E-state index in [1.54, 1.807) is 0 Å². The zero-order chi connectivity index (χ0) is 24.5. The lowest BCUT2D eigenvalue weighted by molar-refractivity contribution is -0.163. The molecular weight excluding hydrogens is 449 g/mol. The predicted octanol–water partition coefficient (Wildman–Crippen LogP) is 3.28. The summed E-state index contributed by atoms with van der Waals surface area (Å²) in [6.45, 7) is 5.49. The number of ether oxygens (including phenoxy) is 2. The SMILES string of the molecule is O=C(NCCCCCCCN1CCN(C2(CO)COc3ccccc3O2)CC1)c1ccc(F)cc1. The van der Waals surface area contributed by atoms with E-state index in [0.717, 1.165) is 64.2 Å². The summed E-state index contributed by atoms with van der Waals surface area (Å²) in [6.07, 6.45) is 5.49. The third-order valence-electron chi connectivity index (χ3n) is 6.84. The number of rotatable bonds is 11. The Morgan fingerprint density at radius 2 is 1.63 bits per heavy atom. The van der Waals surface area contributed by atoms with Crippen LogP contribution in [-0.2, 0) is 0 Å². The molecule has 7 nitrogen and oxygen atoms in total. The summed E-state index contributed by atoms with van der Waals surface area (Å²) in [6, 6.07) is 13.2. The van der Waals surface area contributed by atoms with E-state index in [4.69, 9.17) is 9.47 Å². The van der Waals surface area contributed by atoms with Crippen molar-refractivity contribution in [2.45, 2.75) is 37.8 Å². The van der Waals surface area contributed by atoms with Crippen molar-refractivity contribution in [3.8, 4) is 11.5 Å². The lowest BCUT2D eigenvalue weighted by Gasteiger charge is -2.47. The molecule has 0 aromatic heterocycles. The van der Waals surface area contributed by atoms with Crippen molar-refractivity contribution < 1.29 is 23.8 Å². The van der Waals surface area contributed by atoms with Crippen molar-refractivity contribution in [3.63, 3.8) is 0 Å². The number of piperazine rings is 1. The molecule has 1 amide bonds. The molecule has 1 atom stereocenters. The van der Waals surface area contributed by atoms with Crippen LogP contribution in [-0.4, -0.2) is 79.0 Å². The molecule has 2 heterocycles. The number of aliphatic hydroxyl groups excluding tert-OH is 1. The van der Waals surface area contributed by atoms with Crippen molar-refractivity contribution in [1.82, 2.24) is 15.1 Å². The number of para-hydroxylation sites is 2. The number of fused-ring (bicyclic) bond motifs is 1. The number of halogens is 1. The van der Waals surface area contributed by atoms with Crippen LogP contribution in [0.15, 0.2) is 48.5 Å². The molecule has 0 spiro atoms. The van der Waals surface area contributed by atoms with Crippen LogP contribution in [0, 0.1) is 5.82 Å². The molecule has 0 bridgehead atoms. The molecule has 35 heavy (non-hydrogen) atoms. The summed E-state index contributed by atoms with van der Waals surface area (Å²) in [7, 11) is 0. The first-order valence-electron chi connectivity index (χ1n) is 12.6. The first-order valence-corrected chi connectivity index (χ1v) is 12.6. The molecule has 2 aliphatic rings. The minimum atomic E-state index is -0.813. The van der Waals surface area contributed by atoms with E-state index in [1.807, 2.05) is 24.3 Å². The van der Waals surface area contributed by atoms with Crippen LogP contribution in [0.4, 0.5) is 4.39 Å². The standard InChI is InChI=1S/C27H36FN3O4/c28-23-12-10-22(11-13-23)26(33)29-14-6-2-1-3-7-15-30-16-18-31(19-17-30)27(20-32)21-34-24-8-4-5-9-25(24)35-27/h4-5,8-13,32H,1-3,6-7,14-21H2,(H,29,33). The molecule has 0 aliphatic carbocycles. The third kappa shape index (κ3) is 6.72. The van der Waals surface area contributed by atoms with Gasteiger partial charge < -0.3 is 24.8 Å². The summed E-state index contributed by atoms with van der Waals surface area (Å²) >= 11 is 0. The van der Waals surface area contributed by atoms with Gasteiger partial charge in [-0.2, -0.15) is 0 Å². The summed E-state index contributed by atoms with van der Waals surface area (Å²) in [4.78, 5) is 16.7. The summed E-state index contributed by atoms with van der Waals surface area (Å²) in [5.74, 6) is 0.925. The van der Waals surface area contributed by atoms with Crippen molar-refractivity contribution in [3.05, 3.63) is 59.9 Å². The van der Waals surface area contributed by atoms with Gasteiger partial charge in [0, 0.05) is 38.3 Å². The Hall–Kier alpha value is -2.68. The highest BCUT2D eigenvalue weighted by molar-refractivity contribution is 5.94. The van der Waals surface area contributed by atoms with Crippen LogP contribution in [0.3, 0.4) is 0 Å². The molecule has 1 fully saturated rings. The Morgan fingerprint density at radius 3 is 2.37 bits per heavy atom. The van der Waals surface area contributed by atoms with Gasteiger partial charge in [0.05, 0.1) is 0 Å². The molecule has 4 rings (SSSR count). The van der Waals surface area contributed by atoms with Gasteiger partial charge in [0.15, 0.2) is 11.5 Å². The predicted molar refractivity (Wildman–Crippen MR) is 132 cm³/mol. The lowest BCUT2D eigenvalue weighted by Crippen LogP contribution is -2.65. The first-order chi connectivity index (χ1) is 17.1. The average Bonchev–Trinajstić information content (AvgIpc) is 2.90. The van der Waals surface area contributed by atoms with Gasteiger partial charge in [-0.25, -0.2) is 4.39 Å². The quantitative estimate of drug-likeness (QED) is 0.476. The molecule has 8 heteroatoms. The Bertz CT molecular complexity index is 950. The van der Waals surface area contributed by atoms with Gasteiger partial charge in [-0.05, 0) is 55.8 Å².